The average Bonchev–Trinajstić information content (AvgIpc) is 3.10. The maximum atomic E-state index is 13.1. The lowest BCUT2D eigenvalue weighted by atomic mass is 9.94. The van der Waals surface area contributed by atoms with E-state index in [1.54, 1.807) is 30.2 Å². The Morgan fingerprint density at radius 2 is 1.76 bits per heavy atom. The third-order valence-electron chi connectivity index (χ3n) is 6.19. The third kappa shape index (κ3) is 5.50. The SMILES string of the molecule is CCCCOc1ccc(/C(O)=C2\C(=O)C(=O)N(CCCOC)[C@@H]2c2ccc(CC)cc2)cc1C. The largest absolute Gasteiger partial charge is 0.507 e. The number of carbonyl (C=O) groups is 2. The minimum atomic E-state index is -0.666. The minimum absolute atomic E-state index is 0.116. The van der Waals surface area contributed by atoms with Gasteiger partial charge in [0.2, 0.25) is 0 Å². The van der Waals surface area contributed by atoms with Crippen molar-refractivity contribution < 1.29 is 24.2 Å². The molecule has 1 aliphatic heterocycles. The molecule has 0 saturated carbocycles. The molecule has 6 heteroatoms. The van der Waals surface area contributed by atoms with Crippen LogP contribution in [0.15, 0.2) is 48.0 Å². The number of nitrogens with zero attached hydrogens (tertiary/aromatic N) is 1. The number of Topliss-reactive ketones (excluding diaryl/α,β-unsaturated/α-hetero) is 1. The third-order valence-corrected chi connectivity index (χ3v) is 6.19. The molecule has 182 valence electrons. The Bertz CT molecular complexity index is 1040. The molecule has 0 unspecified atom stereocenters. The van der Waals surface area contributed by atoms with E-state index in [9.17, 15) is 14.7 Å². The normalized spacial score (nSPS) is 17.4. The van der Waals surface area contributed by atoms with Gasteiger partial charge in [0.05, 0.1) is 18.2 Å². The molecule has 1 atom stereocenters. The molecule has 1 fully saturated rings. The van der Waals surface area contributed by atoms with Crippen LogP contribution < -0.4 is 4.74 Å². The quantitative estimate of drug-likeness (QED) is 0.214. The molecular weight excluding hydrogens is 430 g/mol. The molecule has 2 aromatic carbocycles. The predicted molar refractivity (Wildman–Crippen MR) is 133 cm³/mol. The molecule has 1 N–H and O–H groups in total. The van der Waals surface area contributed by atoms with Crippen LogP contribution in [0.3, 0.4) is 0 Å². The van der Waals surface area contributed by atoms with Gasteiger partial charge in [0.1, 0.15) is 11.5 Å². The van der Waals surface area contributed by atoms with Crippen molar-refractivity contribution in [2.45, 2.75) is 52.5 Å². The summed E-state index contributed by atoms with van der Waals surface area (Å²) in [5.74, 6) is -0.684. The van der Waals surface area contributed by atoms with Crippen molar-refractivity contribution in [3.05, 3.63) is 70.3 Å². The summed E-state index contributed by atoms with van der Waals surface area (Å²) in [6.45, 7) is 7.55. The molecule has 0 radical (unpaired) electrons. The number of hydrogen-bond acceptors (Lipinski definition) is 5. The molecule has 6 nitrogen and oxygen atoms in total. The molecule has 1 heterocycles. The zero-order valence-electron chi connectivity index (χ0n) is 20.6. The summed E-state index contributed by atoms with van der Waals surface area (Å²) < 4.78 is 11.0. The van der Waals surface area contributed by atoms with Crippen molar-refractivity contribution in [2.24, 2.45) is 0 Å². The van der Waals surface area contributed by atoms with Crippen molar-refractivity contribution in [1.82, 2.24) is 4.90 Å². The fourth-order valence-electron chi connectivity index (χ4n) is 4.21. The molecule has 0 aromatic heterocycles. The zero-order chi connectivity index (χ0) is 24.7. The predicted octanol–water partition coefficient (Wildman–Crippen LogP) is 5.19. The van der Waals surface area contributed by atoms with Crippen molar-refractivity contribution >= 4 is 17.4 Å². The van der Waals surface area contributed by atoms with Crippen molar-refractivity contribution in [3.8, 4) is 5.75 Å². The molecule has 3 rings (SSSR count). The maximum Gasteiger partial charge on any atom is 0.295 e. The highest BCUT2D eigenvalue weighted by Crippen LogP contribution is 2.40. The van der Waals surface area contributed by atoms with Crippen LogP contribution in [0.5, 0.6) is 5.75 Å². The summed E-state index contributed by atoms with van der Waals surface area (Å²) in [5.41, 5.74) is 3.43. The second-order valence-corrected chi connectivity index (χ2v) is 8.62. The van der Waals surface area contributed by atoms with Gasteiger partial charge in [0.25, 0.3) is 11.7 Å². The summed E-state index contributed by atoms with van der Waals surface area (Å²) in [4.78, 5) is 27.7. The van der Waals surface area contributed by atoms with Crippen LogP contribution in [0.1, 0.15) is 61.4 Å². The van der Waals surface area contributed by atoms with Gasteiger partial charge in [-0.2, -0.15) is 0 Å². The fraction of sp³-hybridized carbons (Fsp3) is 0.429. The second kappa shape index (κ2) is 11.8. The number of unbranched alkanes of at least 4 members (excludes halogenated alkanes) is 1. The Morgan fingerprint density at radius 3 is 2.38 bits per heavy atom. The Morgan fingerprint density at radius 1 is 1.03 bits per heavy atom. The molecule has 0 spiro atoms. The standard InChI is InChI=1S/C28H35NO5/c1-5-7-17-34-23-14-13-22(18-19(23)3)26(30)24-25(21-11-9-20(6-2)10-12-21)29(15-8-16-33-4)28(32)27(24)31/h9-14,18,25,30H,5-8,15-17H2,1-4H3/b26-24+/t25-/m1/s1. The van der Waals surface area contributed by atoms with Gasteiger partial charge in [0, 0.05) is 25.8 Å². The van der Waals surface area contributed by atoms with E-state index < -0.39 is 17.7 Å². The van der Waals surface area contributed by atoms with Gasteiger partial charge in [-0.25, -0.2) is 0 Å². The topological polar surface area (TPSA) is 76.1 Å². The molecular formula is C28H35NO5. The molecule has 0 bridgehead atoms. The lowest BCUT2D eigenvalue weighted by molar-refractivity contribution is -0.140. The first kappa shape index (κ1) is 25.5. The number of hydrogen-bond donors (Lipinski definition) is 1. The van der Waals surface area contributed by atoms with E-state index in [4.69, 9.17) is 9.47 Å². The van der Waals surface area contributed by atoms with E-state index in [2.05, 4.69) is 13.8 Å². The van der Waals surface area contributed by atoms with Gasteiger partial charge in [0.15, 0.2) is 0 Å². The number of aliphatic hydroxyl groups is 1. The van der Waals surface area contributed by atoms with Crippen molar-refractivity contribution in [2.75, 3.05) is 26.9 Å². The van der Waals surface area contributed by atoms with E-state index in [1.807, 2.05) is 31.2 Å². The minimum Gasteiger partial charge on any atom is -0.507 e. The van der Waals surface area contributed by atoms with Gasteiger partial charge >= 0.3 is 0 Å². The van der Waals surface area contributed by atoms with E-state index >= 15 is 0 Å². The first-order valence-electron chi connectivity index (χ1n) is 12.0. The second-order valence-electron chi connectivity index (χ2n) is 8.62. The van der Waals surface area contributed by atoms with Gasteiger partial charge in [-0.05, 0) is 61.1 Å². The van der Waals surface area contributed by atoms with E-state index in [0.29, 0.717) is 31.7 Å². The molecule has 34 heavy (non-hydrogen) atoms. The number of ether oxygens (including phenoxy) is 2. The van der Waals surface area contributed by atoms with Gasteiger partial charge in [-0.15, -0.1) is 0 Å². The summed E-state index contributed by atoms with van der Waals surface area (Å²) in [7, 11) is 1.60. The number of rotatable bonds is 11. The molecule has 1 saturated heterocycles. The van der Waals surface area contributed by atoms with Gasteiger partial charge in [-0.3, -0.25) is 9.59 Å². The van der Waals surface area contributed by atoms with Crippen molar-refractivity contribution in [1.29, 1.82) is 0 Å². The van der Waals surface area contributed by atoms with E-state index in [1.165, 1.54) is 0 Å². The maximum absolute atomic E-state index is 13.1. The van der Waals surface area contributed by atoms with Gasteiger partial charge < -0.3 is 19.5 Å². The van der Waals surface area contributed by atoms with E-state index in [0.717, 1.165) is 41.7 Å². The molecule has 0 aliphatic carbocycles. The first-order chi connectivity index (χ1) is 16.4. The van der Waals surface area contributed by atoms with Crippen molar-refractivity contribution in [3.63, 3.8) is 0 Å². The number of carbonyl (C=O) groups excluding carboxylic acids is 2. The molecule has 2 aromatic rings. The first-order valence-corrected chi connectivity index (χ1v) is 12.0. The average molecular weight is 466 g/mol. The number of benzene rings is 2. The lowest BCUT2D eigenvalue weighted by Crippen LogP contribution is -2.31. The Kier molecular flexibility index (Phi) is 8.88. The van der Waals surface area contributed by atoms with Crippen LogP contribution in [0, 0.1) is 6.92 Å². The van der Waals surface area contributed by atoms with E-state index in [-0.39, 0.29) is 11.3 Å². The Hall–Kier alpha value is -3.12. The van der Waals surface area contributed by atoms with Crippen LogP contribution in [-0.4, -0.2) is 48.6 Å². The smallest absolute Gasteiger partial charge is 0.295 e. The summed E-state index contributed by atoms with van der Waals surface area (Å²) in [5, 5.41) is 11.3. The molecule has 1 amide bonds. The monoisotopic (exact) mass is 465 g/mol. The number of methoxy groups -OCH3 is 1. The number of amides is 1. The van der Waals surface area contributed by atoms with Gasteiger partial charge in [-0.1, -0.05) is 44.5 Å². The van der Waals surface area contributed by atoms with Crippen LogP contribution in [0.2, 0.25) is 0 Å². The summed E-state index contributed by atoms with van der Waals surface area (Å²) in [6, 6.07) is 12.5. The summed E-state index contributed by atoms with van der Waals surface area (Å²) >= 11 is 0. The zero-order valence-corrected chi connectivity index (χ0v) is 20.6. The Labute approximate surface area is 202 Å². The number of aryl methyl sites for hydroxylation is 2. The highest BCUT2D eigenvalue weighted by Gasteiger charge is 2.45. The lowest BCUT2D eigenvalue weighted by Gasteiger charge is -2.25. The van der Waals surface area contributed by atoms with Crippen LogP contribution in [0.4, 0.5) is 0 Å². The van der Waals surface area contributed by atoms with Crippen LogP contribution in [0.25, 0.3) is 5.76 Å². The van der Waals surface area contributed by atoms with Crippen LogP contribution >= 0.6 is 0 Å². The Balaban J connectivity index is 2.03. The number of likely N-dealkylation sites (tertiary alicyclic amines) is 1. The number of ketones is 1. The highest BCUT2D eigenvalue weighted by atomic mass is 16.5. The fourth-order valence-corrected chi connectivity index (χ4v) is 4.21. The molecule has 1 aliphatic rings. The van der Waals surface area contributed by atoms with Crippen LogP contribution in [-0.2, 0) is 20.7 Å². The highest BCUT2D eigenvalue weighted by molar-refractivity contribution is 6.46. The number of aliphatic hydroxyl groups excluding tert-OH is 1. The summed E-state index contributed by atoms with van der Waals surface area (Å²) in [6.07, 6.45) is 3.49.